The molecular weight excluding hydrogens is 214 g/mol. The first-order valence-corrected chi connectivity index (χ1v) is 4.72. The molecule has 0 unspecified atom stereocenters. The number of H-pyrrole nitrogens is 2. The van der Waals surface area contributed by atoms with Crippen LogP contribution in [0.15, 0.2) is 18.2 Å². The number of anilines is 1. The number of carbonyl (C=O) groups is 1. The van der Waals surface area contributed by atoms with Crippen molar-refractivity contribution in [2.24, 2.45) is 0 Å². The van der Waals surface area contributed by atoms with Gasteiger partial charge in [-0.3, -0.25) is 4.79 Å². The van der Waals surface area contributed by atoms with Crippen molar-refractivity contribution in [1.82, 2.24) is 9.97 Å². The number of aromatic nitrogens is 2. The molecule has 78 valence electrons. The highest BCUT2D eigenvalue weighted by Gasteiger charge is 2.01. The maximum absolute atomic E-state index is 10.9. The monoisotopic (exact) mass is 223 g/mol. The highest BCUT2D eigenvalue weighted by molar-refractivity contribution is 7.71. The molecule has 2 rings (SSSR count). The van der Waals surface area contributed by atoms with Crippen molar-refractivity contribution in [1.29, 1.82) is 0 Å². The van der Waals surface area contributed by atoms with Crippen LogP contribution in [0.5, 0.6) is 0 Å². The molecular formula is C9H9N3O2S. The summed E-state index contributed by atoms with van der Waals surface area (Å²) in [4.78, 5) is 16.8. The third-order valence-electron chi connectivity index (χ3n) is 1.94. The second kappa shape index (κ2) is 3.84. The van der Waals surface area contributed by atoms with E-state index in [1.54, 1.807) is 18.2 Å². The molecule has 5 nitrogen and oxygen atoms in total. The third-order valence-corrected chi connectivity index (χ3v) is 2.15. The number of nitrogens with one attached hydrogen (secondary N) is 3. The fourth-order valence-corrected chi connectivity index (χ4v) is 1.53. The Balaban J connectivity index is 2.38. The highest BCUT2D eigenvalue weighted by atomic mass is 32.1. The topological polar surface area (TPSA) is 80.9 Å². The molecule has 0 bridgehead atoms. The van der Waals surface area contributed by atoms with Crippen LogP contribution < -0.4 is 5.32 Å². The molecule has 1 amide bonds. The molecule has 0 fully saturated rings. The molecule has 1 aromatic heterocycles. The Morgan fingerprint density at radius 2 is 2.13 bits per heavy atom. The van der Waals surface area contributed by atoms with Crippen molar-refractivity contribution >= 4 is 34.8 Å². The van der Waals surface area contributed by atoms with Gasteiger partial charge < -0.3 is 20.4 Å². The van der Waals surface area contributed by atoms with Crippen LogP contribution in [0.3, 0.4) is 0 Å². The molecule has 4 N–H and O–H groups in total. The van der Waals surface area contributed by atoms with Crippen LogP contribution in [0.4, 0.5) is 5.69 Å². The zero-order valence-corrected chi connectivity index (χ0v) is 8.52. The van der Waals surface area contributed by atoms with Crippen LogP contribution in [-0.4, -0.2) is 27.6 Å². The molecule has 0 saturated carbocycles. The second-order valence-corrected chi connectivity index (χ2v) is 3.45. The Morgan fingerprint density at radius 1 is 1.40 bits per heavy atom. The molecule has 0 aliphatic heterocycles. The number of hydrogen-bond acceptors (Lipinski definition) is 3. The van der Waals surface area contributed by atoms with Crippen LogP contribution in [0.1, 0.15) is 0 Å². The number of imidazole rings is 1. The van der Waals surface area contributed by atoms with Crippen molar-refractivity contribution in [3.8, 4) is 0 Å². The number of carbonyl (C=O) groups excluding carboxylic acids is 1. The summed E-state index contributed by atoms with van der Waals surface area (Å²) in [7, 11) is 0. The lowest BCUT2D eigenvalue weighted by Crippen LogP contribution is -2.15. The fraction of sp³-hybridized carbons (Fsp3) is 0.111. The van der Waals surface area contributed by atoms with E-state index in [9.17, 15) is 4.79 Å². The highest BCUT2D eigenvalue weighted by Crippen LogP contribution is 2.15. The van der Waals surface area contributed by atoms with E-state index in [1.807, 2.05) is 0 Å². The molecule has 0 aliphatic rings. The van der Waals surface area contributed by atoms with E-state index in [-0.39, 0.29) is 0 Å². The van der Waals surface area contributed by atoms with E-state index >= 15 is 0 Å². The van der Waals surface area contributed by atoms with Crippen molar-refractivity contribution in [2.75, 3.05) is 11.9 Å². The van der Waals surface area contributed by atoms with Gasteiger partial charge >= 0.3 is 0 Å². The van der Waals surface area contributed by atoms with Crippen LogP contribution in [-0.2, 0) is 4.79 Å². The number of benzene rings is 1. The molecule has 1 heterocycles. The Bertz CT molecular complexity index is 558. The molecule has 15 heavy (non-hydrogen) atoms. The summed E-state index contributed by atoms with van der Waals surface area (Å²) >= 11 is 4.93. The van der Waals surface area contributed by atoms with Crippen LogP contribution >= 0.6 is 12.2 Å². The smallest absolute Gasteiger partial charge is 0.250 e. The first kappa shape index (κ1) is 9.88. The maximum Gasteiger partial charge on any atom is 0.250 e. The average Bonchev–Trinajstić information content (AvgIpc) is 2.57. The zero-order valence-electron chi connectivity index (χ0n) is 7.70. The van der Waals surface area contributed by atoms with E-state index in [4.69, 9.17) is 17.3 Å². The van der Waals surface area contributed by atoms with Gasteiger partial charge in [0.1, 0.15) is 6.61 Å². The maximum atomic E-state index is 10.9. The Morgan fingerprint density at radius 3 is 2.87 bits per heavy atom. The largest absolute Gasteiger partial charge is 0.387 e. The van der Waals surface area contributed by atoms with Gasteiger partial charge in [-0.25, -0.2) is 0 Å². The fourth-order valence-electron chi connectivity index (χ4n) is 1.31. The number of hydrogen-bond donors (Lipinski definition) is 4. The number of rotatable bonds is 2. The lowest BCUT2D eigenvalue weighted by atomic mass is 10.3. The minimum absolute atomic E-state index is 0.441. The van der Waals surface area contributed by atoms with E-state index in [0.717, 1.165) is 11.0 Å². The van der Waals surface area contributed by atoms with Gasteiger partial charge in [0.2, 0.25) is 5.91 Å². The average molecular weight is 223 g/mol. The molecule has 0 radical (unpaired) electrons. The van der Waals surface area contributed by atoms with Crippen LogP contribution in [0.25, 0.3) is 11.0 Å². The predicted molar refractivity (Wildman–Crippen MR) is 59.2 cm³/mol. The van der Waals surface area contributed by atoms with Gasteiger partial charge in [0, 0.05) is 5.69 Å². The Labute approximate surface area is 90.1 Å². The van der Waals surface area contributed by atoms with Gasteiger partial charge in [-0.05, 0) is 30.4 Å². The summed E-state index contributed by atoms with van der Waals surface area (Å²) in [6.45, 7) is -0.527. The van der Waals surface area contributed by atoms with Gasteiger partial charge in [0.15, 0.2) is 4.77 Å². The lowest BCUT2D eigenvalue weighted by molar-refractivity contribution is -0.118. The lowest BCUT2D eigenvalue weighted by Gasteiger charge is -2.02. The third kappa shape index (κ3) is 2.05. The summed E-state index contributed by atoms with van der Waals surface area (Å²) in [5.74, 6) is -0.441. The molecule has 0 saturated heterocycles. The number of aromatic amines is 2. The van der Waals surface area contributed by atoms with E-state index in [0.29, 0.717) is 10.5 Å². The minimum Gasteiger partial charge on any atom is -0.387 e. The number of amides is 1. The van der Waals surface area contributed by atoms with E-state index in [1.165, 1.54) is 0 Å². The standard InChI is InChI=1S/C9H9N3O2S/c13-4-8(14)10-5-1-2-6-7(3-5)12-9(15)11-6/h1-3,13H,4H2,(H,10,14)(H2,11,12,15). The summed E-state index contributed by atoms with van der Waals surface area (Å²) in [6, 6.07) is 5.28. The molecule has 0 aliphatic carbocycles. The molecule has 2 aromatic rings. The van der Waals surface area contributed by atoms with Crippen LogP contribution in [0, 0.1) is 4.77 Å². The summed E-state index contributed by atoms with van der Waals surface area (Å²) in [6.07, 6.45) is 0. The Hall–Kier alpha value is -1.66. The second-order valence-electron chi connectivity index (χ2n) is 3.05. The van der Waals surface area contributed by atoms with Gasteiger partial charge in [-0.15, -0.1) is 0 Å². The summed E-state index contributed by atoms with van der Waals surface area (Å²) in [5, 5.41) is 11.1. The molecule has 0 atom stereocenters. The Kier molecular flexibility index (Phi) is 2.53. The number of aliphatic hydroxyl groups is 1. The molecule has 6 heteroatoms. The quantitative estimate of drug-likeness (QED) is 0.577. The van der Waals surface area contributed by atoms with Gasteiger partial charge in [-0.2, -0.15) is 0 Å². The van der Waals surface area contributed by atoms with E-state index in [2.05, 4.69) is 15.3 Å². The van der Waals surface area contributed by atoms with Crippen molar-refractivity contribution in [2.45, 2.75) is 0 Å². The minimum atomic E-state index is -0.527. The van der Waals surface area contributed by atoms with Crippen molar-refractivity contribution in [3.05, 3.63) is 23.0 Å². The van der Waals surface area contributed by atoms with E-state index < -0.39 is 12.5 Å². The molecule has 1 aromatic carbocycles. The zero-order chi connectivity index (χ0) is 10.8. The van der Waals surface area contributed by atoms with Crippen LogP contribution in [0.2, 0.25) is 0 Å². The van der Waals surface area contributed by atoms with Crippen molar-refractivity contribution < 1.29 is 9.90 Å². The predicted octanol–water partition coefficient (Wildman–Crippen LogP) is 1.16. The molecule has 0 spiro atoms. The van der Waals surface area contributed by atoms with Gasteiger partial charge in [-0.1, -0.05) is 0 Å². The summed E-state index contributed by atoms with van der Waals surface area (Å²) in [5.41, 5.74) is 2.31. The SMILES string of the molecule is O=C(CO)Nc1ccc2[nH]c(=S)[nH]c2c1. The number of aliphatic hydroxyl groups excluding tert-OH is 1. The first-order chi connectivity index (χ1) is 7.19. The van der Waals surface area contributed by atoms with Gasteiger partial charge in [0.05, 0.1) is 11.0 Å². The normalized spacial score (nSPS) is 10.5. The summed E-state index contributed by atoms with van der Waals surface area (Å²) < 4.78 is 0.538. The number of fused-ring (bicyclic) bond motifs is 1. The van der Waals surface area contributed by atoms with Crippen molar-refractivity contribution in [3.63, 3.8) is 0 Å². The first-order valence-electron chi connectivity index (χ1n) is 4.32. The van der Waals surface area contributed by atoms with Gasteiger partial charge in [0.25, 0.3) is 0 Å².